The molecule has 0 spiro atoms. The summed E-state index contributed by atoms with van der Waals surface area (Å²) in [5, 5.41) is 3.00. The number of hydrogen-bond donors (Lipinski definition) is 1. The van der Waals surface area contributed by atoms with Crippen molar-refractivity contribution in [1.82, 2.24) is 19.4 Å². The lowest BCUT2D eigenvalue weighted by Crippen LogP contribution is -2.31. The normalized spacial score (nSPS) is 11.5. The molecule has 0 amide bonds. The van der Waals surface area contributed by atoms with Crippen LogP contribution in [0.25, 0.3) is 11.0 Å². The van der Waals surface area contributed by atoms with Gasteiger partial charge in [0.05, 0.1) is 35.4 Å². The number of Topliss-reactive ketones (excluding diaryl/α,β-unsaturated/α-hetero) is 1. The fraction of sp³-hybridized carbons (Fsp3) is 0.367. The van der Waals surface area contributed by atoms with Crippen LogP contribution in [0.4, 0.5) is 20.4 Å². The lowest BCUT2D eigenvalue weighted by molar-refractivity contribution is -0.119. The van der Waals surface area contributed by atoms with Crippen LogP contribution in [0.3, 0.4) is 0 Å². The second-order valence-corrected chi connectivity index (χ2v) is 9.95. The van der Waals surface area contributed by atoms with Gasteiger partial charge in [-0.1, -0.05) is 27.7 Å². The first-order chi connectivity index (χ1) is 18.7. The Morgan fingerprint density at radius 3 is 2.56 bits per heavy atom. The molecule has 4 aromatic rings. The highest BCUT2D eigenvalue weighted by Gasteiger charge is 2.16. The lowest BCUT2D eigenvalue weighted by atomic mass is 10.0. The number of nitrogens with one attached hydrogen (secondary N) is 1. The maximum Gasteiger partial charge on any atom is 0.208 e. The average Bonchev–Trinajstić information content (AvgIpc) is 3.19. The third-order valence-corrected chi connectivity index (χ3v) is 6.60. The van der Waals surface area contributed by atoms with E-state index < -0.39 is 11.6 Å². The topological polar surface area (TPSA) is 72.3 Å². The van der Waals surface area contributed by atoms with Gasteiger partial charge in [-0.05, 0) is 55.3 Å². The van der Waals surface area contributed by atoms with Gasteiger partial charge in [-0.3, -0.25) is 14.7 Å². The Labute approximate surface area is 227 Å². The molecule has 7 nitrogen and oxygen atoms in total. The van der Waals surface area contributed by atoms with E-state index in [9.17, 15) is 13.6 Å². The highest BCUT2D eigenvalue weighted by molar-refractivity contribution is 5.83. The van der Waals surface area contributed by atoms with Gasteiger partial charge < -0.3 is 14.6 Å². The predicted molar refractivity (Wildman–Crippen MR) is 150 cm³/mol. The summed E-state index contributed by atoms with van der Waals surface area (Å²) in [6, 6.07) is 11.4. The molecule has 2 aromatic heterocycles. The van der Waals surface area contributed by atoms with E-state index in [4.69, 9.17) is 4.74 Å². The van der Waals surface area contributed by atoms with E-state index in [-0.39, 0.29) is 23.8 Å². The Balaban J connectivity index is 1.50. The number of nitrogens with zero attached hydrogens (tertiary/aromatic N) is 4. The zero-order valence-corrected chi connectivity index (χ0v) is 23.1. The third-order valence-electron chi connectivity index (χ3n) is 6.60. The van der Waals surface area contributed by atoms with E-state index >= 15 is 0 Å². The standard InChI is InChI=1S/C30H35F2N5O2/c1-6-12-37(7-2)18-21(38)13-20-14-23(10-11-33-20)39-22-8-9-29-28(15-22)35-30(36(29)5)34-27-16-24(19(3)4)25(31)17-26(27)32/h8-11,14-17,19H,6-7,12-13,18H2,1-5H3,(H,34,35). The molecular formula is C30H35F2N5O2. The van der Waals surface area contributed by atoms with Crippen LogP contribution in [0.1, 0.15) is 51.3 Å². The summed E-state index contributed by atoms with van der Waals surface area (Å²) in [6.45, 7) is 10.00. The number of carbonyl (C=O) groups excluding carboxylic acids is 1. The van der Waals surface area contributed by atoms with Crippen molar-refractivity contribution in [3.8, 4) is 11.5 Å². The fourth-order valence-corrected chi connectivity index (χ4v) is 4.50. The van der Waals surface area contributed by atoms with Gasteiger partial charge in [0, 0.05) is 31.4 Å². The average molecular weight is 536 g/mol. The van der Waals surface area contributed by atoms with Gasteiger partial charge in [0.15, 0.2) is 5.78 Å². The van der Waals surface area contributed by atoms with Crippen molar-refractivity contribution in [3.63, 3.8) is 0 Å². The van der Waals surface area contributed by atoms with Gasteiger partial charge in [-0.25, -0.2) is 13.8 Å². The maximum absolute atomic E-state index is 14.5. The van der Waals surface area contributed by atoms with Gasteiger partial charge in [0.2, 0.25) is 5.95 Å². The molecule has 2 aromatic carbocycles. The Kier molecular flexibility index (Phi) is 8.91. The number of ketones is 1. The zero-order valence-electron chi connectivity index (χ0n) is 23.1. The number of anilines is 2. The van der Waals surface area contributed by atoms with Gasteiger partial charge in [-0.15, -0.1) is 0 Å². The van der Waals surface area contributed by atoms with Gasteiger partial charge in [0.1, 0.15) is 23.1 Å². The smallest absolute Gasteiger partial charge is 0.208 e. The summed E-state index contributed by atoms with van der Waals surface area (Å²) in [4.78, 5) is 23.6. The Hall–Kier alpha value is -3.85. The van der Waals surface area contributed by atoms with Crippen molar-refractivity contribution >= 4 is 28.5 Å². The fourth-order valence-electron chi connectivity index (χ4n) is 4.50. The summed E-state index contributed by atoms with van der Waals surface area (Å²) in [5.41, 5.74) is 2.69. The molecule has 0 aliphatic carbocycles. The molecular weight excluding hydrogens is 500 g/mol. The van der Waals surface area contributed by atoms with E-state index in [1.54, 1.807) is 29.0 Å². The summed E-state index contributed by atoms with van der Waals surface area (Å²) in [5.74, 6) is 0.308. The molecule has 9 heteroatoms. The van der Waals surface area contributed by atoms with Crippen molar-refractivity contribution < 1.29 is 18.3 Å². The second kappa shape index (κ2) is 12.3. The third kappa shape index (κ3) is 6.78. The largest absolute Gasteiger partial charge is 0.457 e. The molecule has 0 radical (unpaired) electrons. The zero-order chi connectivity index (χ0) is 28.1. The summed E-state index contributed by atoms with van der Waals surface area (Å²) in [7, 11) is 1.81. The second-order valence-electron chi connectivity index (χ2n) is 9.95. The molecule has 2 heterocycles. The molecule has 1 N–H and O–H groups in total. The summed E-state index contributed by atoms with van der Waals surface area (Å²) in [6.07, 6.45) is 2.87. The Morgan fingerprint density at radius 1 is 1.08 bits per heavy atom. The van der Waals surface area contributed by atoms with E-state index in [2.05, 4.69) is 34.0 Å². The number of aromatic nitrogens is 3. The van der Waals surface area contributed by atoms with Gasteiger partial charge in [-0.2, -0.15) is 0 Å². The number of ether oxygens (including phenoxy) is 1. The molecule has 0 saturated carbocycles. The molecule has 206 valence electrons. The number of likely N-dealkylation sites (N-methyl/N-ethyl adjacent to an activating group) is 1. The van der Waals surface area contributed by atoms with Crippen LogP contribution in [0.2, 0.25) is 0 Å². The summed E-state index contributed by atoms with van der Waals surface area (Å²) >= 11 is 0. The number of fused-ring (bicyclic) bond motifs is 1. The molecule has 0 fully saturated rings. The highest BCUT2D eigenvalue weighted by atomic mass is 19.1. The molecule has 0 aliphatic rings. The monoisotopic (exact) mass is 535 g/mol. The van der Waals surface area contributed by atoms with Crippen molar-refractivity contribution in [2.75, 3.05) is 25.0 Å². The number of imidazole rings is 1. The Bertz CT molecular complexity index is 1470. The summed E-state index contributed by atoms with van der Waals surface area (Å²) < 4.78 is 36.5. The first kappa shape index (κ1) is 28.2. The van der Waals surface area contributed by atoms with Crippen LogP contribution in [0.15, 0.2) is 48.7 Å². The van der Waals surface area contributed by atoms with Crippen LogP contribution in [-0.4, -0.2) is 44.9 Å². The van der Waals surface area contributed by atoms with Crippen molar-refractivity contribution in [2.45, 2.75) is 46.5 Å². The van der Waals surface area contributed by atoms with Crippen molar-refractivity contribution in [3.05, 3.63) is 71.6 Å². The maximum atomic E-state index is 14.5. The molecule has 0 bridgehead atoms. The Morgan fingerprint density at radius 2 is 1.85 bits per heavy atom. The first-order valence-electron chi connectivity index (χ1n) is 13.3. The number of aryl methyl sites for hydroxylation is 1. The number of hydrogen-bond acceptors (Lipinski definition) is 6. The molecule has 0 aliphatic heterocycles. The minimum absolute atomic E-state index is 0.0924. The SMILES string of the molecule is CCCN(CC)CC(=O)Cc1cc(Oc2ccc3c(c2)nc(Nc2cc(C(C)C)c(F)cc2F)n3C)ccn1. The van der Waals surface area contributed by atoms with Gasteiger partial charge in [0.25, 0.3) is 0 Å². The highest BCUT2D eigenvalue weighted by Crippen LogP contribution is 2.30. The molecule has 39 heavy (non-hydrogen) atoms. The molecule has 4 rings (SSSR count). The minimum atomic E-state index is -0.687. The first-order valence-corrected chi connectivity index (χ1v) is 13.3. The predicted octanol–water partition coefficient (Wildman–Crippen LogP) is 6.75. The number of rotatable bonds is 12. The van der Waals surface area contributed by atoms with Crippen molar-refractivity contribution in [2.24, 2.45) is 7.05 Å². The van der Waals surface area contributed by atoms with Crippen molar-refractivity contribution in [1.29, 1.82) is 0 Å². The number of halogens is 2. The number of benzene rings is 2. The van der Waals surface area contributed by atoms with Crippen LogP contribution in [-0.2, 0) is 18.3 Å². The van der Waals surface area contributed by atoms with E-state index in [0.29, 0.717) is 40.8 Å². The van der Waals surface area contributed by atoms with E-state index in [0.717, 1.165) is 31.1 Å². The minimum Gasteiger partial charge on any atom is -0.457 e. The molecule has 0 saturated heterocycles. The number of carbonyl (C=O) groups is 1. The molecule has 0 unspecified atom stereocenters. The van der Waals surface area contributed by atoms with Crippen LogP contribution >= 0.6 is 0 Å². The quantitative estimate of drug-likeness (QED) is 0.216. The molecule has 0 atom stereocenters. The number of pyridine rings is 1. The van der Waals surface area contributed by atoms with Crippen LogP contribution < -0.4 is 10.1 Å². The van der Waals surface area contributed by atoms with Crippen LogP contribution in [0.5, 0.6) is 11.5 Å². The van der Waals surface area contributed by atoms with E-state index in [1.807, 2.05) is 33.0 Å². The van der Waals surface area contributed by atoms with Gasteiger partial charge >= 0.3 is 0 Å². The van der Waals surface area contributed by atoms with E-state index in [1.165, 1.54) is 6.07 Å². The van der Waals surface area contributed by atoms with Crippen LogP contribution in [0, 0.1) is 11.6 Å². The lowest BCUT2D eigenvalue weighted by Gasteiger charge is -2.18.